The van der Waals surface area contributed by atoms with Crippen molar-refractivity contribution in [1.29, 1.82) is 0 Å². The first kappa shape index (κ1) is 10.8. The molecule has 0 bridgehead atoms. The fourth-order valence-electron chi connectivity index (χ4n) is 3.00. The van der Waals surface area contributed by atoms with Crippen molar-refractivity contribution in [3.05, 3.63) is 36.1 Å². The van der Waals surface area contributed by atoms with E-state index in [9.17, 15) is 5.11 Å². The van der Waals surface area contributed by atoms with Gasteiger partial charge in [0, 0.05) is 5.39 Å². The smallest absolute Gasteiger partial charge is 0.134 e. The van der Waals surface area contributed by atoms with Crippen molar-refractivity contribution in [2.24, 2.45) is 11.8 Å². The Labute approximate surface area is 101 Å². The van der Waals surface area contributed by atoms with Gasteiger partial charge in [0.05, 0.1) is 0 Å². The van der Waals surface area contributed by atoms with Gasteiger partial charge in [-0.2, -0.15) is 0 Å². The van der Waals surface area contributed by atoms with Gasteiger partial charge in [-0.15, -0.1) is 0 Å². The molecular formula is C15H18O2. The maximum absolute atomic E-state index is 10.4. The lowest BCUT2D eigenvalue weighted by molar-refractivity contribution is 0.0711. The highest BCUT2D eigenvalue weighted by atomic mass is 16.4. The predicted molar refractivity (Wildman–Crippen MR) is 67.7 cm³/mol. The number of rotatable bonds is 2. The zero-order valence-electron chi connectivity index (χ0n) is 10.1. The molecule has 1 N–H and O–H groups in total. The SMILES string of the molecule is CC1CCCC1C(O)c1cc2ccccc2o1. The molecule has 0 saturated heterocycles. The Morgan fingerprint density at radius 2 is 2.12 bits per heavy atom. The highest BCUT2D eigenvalue weighted by Gasteiger charge is 2.32. The van der Waals surface area contributed by atoms with Gasteiger partial charge in [0.2, 0.25) is 0 Å². The van der Waals surface area contributed by atoms with Crippen molar-refractivity contribution in [2.75, 3.05) is 0 Å². The number of hydrogen-bond donors (Lipinski definition) is 1. The minimum absolute atomic E-state index is 0.357. The lowest BCUT2D eigenvalue weighted by atomic mass is 9.91. The molecule has 1 saturated carbocycles. The van der Waals surface area contributed by atoms with Gasteiger partial charge in [0.15, 0.2) is 0 Å². The van der Waals surface area contributed by atoms with E-state index in [4.69, 9.17) is 4.42 Å². The van der Waals surface area contributed by atoms with E-state index < -0.39 is 6.10 Å². The monoisotopic (exact) mass is 230 g/mol. The van der Waals surface area contributed by atoms with Crippen LogP contribution in [0.3, 0.4) is 0 Å². The molecule has 2 aromatic rings. The fourth-order valence-corrected chi connectivity index (χ4v) is 3.00. The standard InChI is InChI=1S/C15H18O2/c1-10-5-4-7-12(10)15(16)14-9-11-6-2-3-8-13(11)17-14/h2-3,6,8-10,12,15-16H,4-5,7H2,1H3. The van der Waals surface area contributed by atoms with Crippen LogP contribution in [0, 0.1) is 11.8 Å². The molecule has 0 spiro atoms. The van der Waals surface area contributed by atoms with Gasteiger partial charge in [0.1, 0.15) is 17.4 Å². The van der Waals surface area contributed by atoms with Crippen molar-refractivity contribution in [3.8, 4) is 0 Å². The average molecular weight is 230 g/mol. The third kappa shape index (κ3) is 1.87. The summed E-state index contributed by atoms with van der Waals surface area (Å²) in [6, 6.07) is 9.90. The summed E-state index contributed by atoms with van der Waals surface area (Å²) in [5.74, 6) is 1.68. The number of aliphatic hydroxyl groups excluding tert-OH is 1. The van der Waals surface area contributed by atoms with Crippen LogP contribution in [-0.4, -0.2) is 5.11 Å². The van der Waals surface area contributed by atoms with Crippen molar-refractivity contribution < 1.29 is 9.52 Å². The Morgan fingerprint density at radius 3 is 2.82 bits per heavy atom. The van der Waals surface area contributed by atoms with E-state index in [1.807, 2.05) is 30.3 Å². The van der Waals surface area contributed by atoms with Crippen LogP contribution in [-0.2, 0) is 0 Å². The third-order valence-electron chi connectivity index (χ3n) is 4.07. The van der Waals surface area contributed by atoms with Crippen LogP contribution in [0.15, 0.2) is 34.7 Å². The Bertz CT molecular complexity index is 481. The van der Waals surface area contributed by atoms with E-state index in [1.54, 1.807) is 0 Å². The van der Waals surface area contributed by atoms with Crippen LogP contribution in [0.1, 0.15) is 38.1 Å². The zero-order chi connectivity index (χ0) is 11.8. The number of para-hydroxylation sites is 1. The van der Waals surface area contributed by atoms with Gasteiger partial charge >= 0.3 is 0 Å². The lowest BCUT2D eigenvalue weighted by Crippen LogP contribution is -2.14. The molecule has 0 amide bonds. The minimum Gasteiger partial charge on any atom is -0.458 e. The van der Waals surface area contributed by atoms with Crippen LogP contribution in [0.2, 0.25) is 0 Å². The first-order valence-corrected chi connectivity index (χ1v) is 6.42. The zero-order valence-corrected chi connectivity index (χ0v) is 10.1. The van der Waals surface area contributed by atoms with Gasteiger partial charge in [0.25, 0.3) is 0 Å². The van der Waals surface area contributed by atoms with Crippen molar-refractivity contribution >= 4 is 11.0 Å². The summed E-state index contributed by atoms with van der Waals surface area (Å²) in [6.07, 6.45) is 3.12. The van der Waals surface area contributed by atoms with Crippen LogP contribution in [0.4, 0.5) is 0 Å². The normalized spacial score (nSPS) is 26.5. The Balaban J connectivity index is 1.92. The van der Waals surface area contributed by atoms with Gasteiger partial charge in [-0.3, -0.25) is 0 Å². The molecule has 17 heavy (non-hydrogen) atoms. The van der Waals surface area contributed by atoms with E-state index >= 15 is 0 Å². The molecule has 1 aliphatic carbocycles. The number of hydrogen-bond acceptors (Lipinski definition) is 2. The molecule has 3 atom stereocenters. The molecule has 1 heterocycles. The molecule has 1 aliphatic rings. The van der Waals surface area contributed by atoms with E-state index in [-0.39, 0.29) is 0 Å². The van der Waals surface area contributed by atoms with Gasteiger partial charge < -0.3 is 9.52 Å². The highest BCUT2D eigenvalue weighted by molar-refractivity contribution is 5.77. The van der Waals surface area contributed by atoms with Crippen LogP contribution in [0.25, 0.3) is 11.0 Å². The predicted octanol–water partition coefficient (Wildman–Crippen LogP) is 3.90. The molecule has 3 rings (SSSR count). The summed E-state index contributed by atoms with van der Waals surface area (Å²) in [4.78, 5) is 0. The summed E-state index contributed by atoms with van der Waals surface area (Å²) in [5, 5.41) is 11.5. The largest absolute Gasteiger partial charge is 0.458 e. The summed E-state index contributed by atoms with van der Waals surface area (Å²) >= 11 is 0. The highest BCUT2D eigenvalue weighted by Crippen LogP contribution is 2.41. The van der Waals surface area contributed by atoms with Gasteiger partial charge in [-0.1, -0.05) is 38.0 Å². The second-order valence-corrected chi connectivity index (χ2v) is 5.20. The number of fused-ring (bicyclic) bond motifs is 1. The summed E-state index contributed by atoms with van der Waals surface area (Å²) < 4.78 is 5.74. The number of aliphatic hydroxyl groups is 1. The van der Waals surface area contributed by atoms with Gasteiger partial charge in [-0.05, 0) is 30.4 Å². The molecule has 1 aromatic carbocycles. The molecule has 2 heteroatoms. The third-order valence-corrected chi connectivity index (χ3v) is 4.07. The Kier molecular flexibility index (Phi) is 2.67. The molecule has 0 radical (unpaired) electrons. The summed E-state index contributed by atoms with van der Waals surface area (Å²) in [5.41, 5.74) is 0.868. The first-order valence-electron chi connectivity index (χ1n) is 6.42. The molecule has 2 nitrogen and oxygen atoms in total. The van der Waals surface area contributed by atoms with Crippen LogP contribution in [0.5, 0.6) is 0 Å². The summed E-state index contributed by atoms with van der Waals surface area (Å²) in [7, 11) is 0. The average Bonchev–Trinajstić information content (AvgIpc) is 2.93. The lowest BCUT2D eigenvalue weighted by Gasteiger charge is -2.20. The molecular weight excluding hydrogens is 212 g/mol. The van der Waals surface area contributed by atoms with Gasteiger partial charge in [-0.25, -0.2) is 0 Å². The minimum atomic E-state index is -0.445. The van der Waals surface area contributed by atoms with Crippen LogP contribution < -0.4 is 0 Å². The Hall–Kier alpha value is -1.28. The van der Waals surface area contributed by atoms with E-state index in [0.717, 1.165) is 23.2 Å². The quantitative estimate of drug-likeness (QED) is 0.848. The molecule has 90 valence electrons. The second kappa shape index (κ2) is 4.19. The fraction of sp³-hybridized carbons (Fsp3) is 0.467. The Morgan fingerprint density at radius 1 is 1.29 bits per heavy atom. The van der Waals surface area contributed by atoms with E-state index in [0.29, 0.717) is 11.8 Å². The van der Waals surface area contributed by atoms with Crippen LogP contribution >= 0.6 is 0 Å². The molecule has 0 aliphatic heterocycles. The first-order chi connectivity index (χ1) is 8.25. The molecule has 1 aromatic heterocycles. The van der Waals surface area contributed by atoms with Crippen molar-refractivity contribution in [2.45, 2.75) is 32.3 Å². The molecule has 3 unspecified atom stereocenters. The van der Waals surface area contributed by atoms with E-state index in [2.05, 4.69) is 6.92 Å². The maximum Gasteiger partial charge on any atom is 0.134 e. The summed E-state index contributed by atoms with van der Waals surface area (Å²) in [6.45, 7) is 2.23. The topological polar surface area (TPSA) is 33.4 Å². The second-order valence-electron chi connectivity index (χ2n) is 5.20. The van der Waals surface area contributed by atoms with Crippen molar-refractivity contribution in [1.82, 2.24) is 0 Å². The van der Waals surface area contributed by atoms with Crippen molar-refractivity contribution in [3.63, 3.8) is 0 Å². The molecule has 1 fully saturated rings. The van der Waals surface area contributed by atoms with E-state index in [1.165, 1.54) is 12.8 Å². The maximum atomic E-state index is 10.4. The number of furan rings is 1. The number of benzene rings is 1.